The van der Waals surface area contributed by atoms with E-state index in [4.69, 9.17) is 0 Å². The molecule has 1 aromatic carbocycles. The van der Waals surface area contributed by atoms with Gasteiger partial charge in [-0.15, -0.1) is 11.3 Å². The van der Waals surface area contributed by atoms with E-state index in [0.29, 0.717) is 17.5 Å². The number of aromatic nitrogens is 2. The quantitative estimate of drug-likeness (QED) is 0.529. The van der Waals surface area contributed by atoms with E-state index in [1.807, 2.05) is 17.0 Å². The summed E-state index contributed by atoms with van der Waals surface area (Å²) in [4.78, 5) is 36.9. The van der Waals surface area contributed by atoms with Crippen molar-refractivity contribution < 1.29 is 4.79 Å². The second kappa shape index (κ2) is 7.37. The molecule has 0 saturated heterocycles. The lowest BCUT2D eigenvalue weighted by atomic mass is 9.97. The van der Waals surface area contributed by atoms with E-state index in [1.165, 1.54) is 39.8 Å². The summed E-state index contributed by atoms with van der Waals surface area (Å²) in [6.07, 6.45) is 5.25. The highest BCUT2D eigenvalue weighted by Gasteiger charge is 2.22. The number of aromatic amines is 1. The predicted molar refractivity (Wildman–Crippen MR) is 113 cm³/mol. The molecule has 0 radical (unpaired) electrons. The molecule has 1 aliphatic carbocycles. The average molecular weight is 412 g/mol. The molecule has 0 spiro atoms. The summed E-state index contributed by atoms with van der Waals surface area (Å²) < 4.78 is 0. The van der Waals surface area contributed by atoms with E-state index < -0.39 is 0 Å². The zero-order chi connectivity index (χ0) is 19.1. The summed E-state index contributed by atoms with van der Waals surface area (Å²) >= 11 is 2.97. The Hall–Kier alpha value is -2.12. The van der Waals surface area contributed by atoms with E-state index in [1.54, 1.807) is 11.3 Å². The van der Waals surface area contributed by atoms with Crippen molar-refractivity contribution in [2.45, 2.75) is 43.8 Å². The third kappa shape index (κ3) is 3.26. The monoisotopic (exact) mass is 411 g/mol. The average Bonchev–Trinajstić information content (AvgIpc) is 3.10. The number of nitrogens with zero attached hydrogens (tertiary/aromatic N) is 2. The lowest BCUT2D eigenvalue weighted by molar-refractivity contribution is -0.129. The third-order valence-electron chi connectivity index (χ3n) is 5.62. The van der Waals surface area contributed by atoms with Gasteiger partial charge in [0.15, 0.2) is 5.16 Å². The molecule has 5 rings (SSSR count). The van der Waals surface area contributed by atoms with Crippen LogP contribution >= 0.6 is 23.1 Å². The van der Waals surface area contributed by atoms with Crippen molar-refractivity contribution in [3.63, 3.8) is 0 Å². The highest BCUT2D eigenvalue weighted by Crippen LogP contribution is 2.34. The number of H-pyrrole nitrogens is 1. The molecule has 0 atom stereocenters. The molecule has 7 heteroatoms. The Morgan fingerprint density at radius 3 is 2.89 bits per heavy atom. The normalized spacial score (nSPS) is 16.1. The van der Waals surface area contributed by atoms with Crippen molar-refractivity contribution in [1.29, 1.82) is 0 Å². The molecule has 3 heterocycles. The first-order chi connectivity index (χ1) is 13.7. The van der Waals surface area contributed by atoms with Crippen LogP contribution in [0.5, 0.6) is 0 Å². The topological polar surface area (TPSA) is 66.1 Å². The lowest BCUT2D eigenvalue weighted by Gasteiger charge is -2.28. The van der Waals surface area contributed by atoms with Crippen molar-refractivity contribution >= 4 is 39.2 Å². The number of hydrogen-bond donors (Lipinski definition) is 1. The molecule has 2 aliphatic rings. The smallest absolute Gasteiger partial charge is 0.260 e. The third-order valence-corrected chi connectivity index (χ3v) is 7.66. The maximum Gasteiger partial charge on any atom is 0.260 e. The molecular weight excluding hydrogens is 390 g/mol. The van der Waals surface area contributed by atoms with Crippen LogP contribution in [-0.4, -0.2) is 33.1 Å². The number of rotatable bonds is 3. The summed E-state index contributed by atoms with van der Waals surface area (Å²) in [5.41, 5.74) is 3.69. The number of thiophene rings is 1. The van der Waals surface area contributed by atoms with Crippen LogP contribution in [-0.2, 0) is 30.6 Å². The maximum absolute atomic E-state index is 12.7. The van der Waals surface area contributed by atoms with Gasteiger partial charge in [-0.1, -0.05) is 36.0 Å². The van der Waals surface area contributed by atoms with Crippen molar-refractivity contribution in [2.75, 3.05) is 12.3 Å². The maximum atomic E-state index is 12.7. The molecule has 2 aromatic heterocycles. The number of carbonyl (C=O) groups is 1. The molecule has 0 saturated carbocycles. The minimum Gasteiger partial charge on any atom is -0.337 e. The number of amides is 1. The van der Waals surface area contributed by atoms with E-state index in [-0.39, 0.29) is 11.5 Å². The zero-order valence-corrected chi connectivity index (χ0v) is 17.1. The van der Waals surface area contributed by atoms with Gasteiger partial charge in [0, 0.05) is 18.0 Å². The summed E-state index contributed by atoms with van der Waals surface area (Å²) in [5, 5.41) is 1.31. The molecule has 28 heavy (non-hydrogen) atoms. The first-order valence-corrected chi connectivity index (χ1v) is 11.5. The Labute approximate surface area is 171 Å². The number of carbonyl (C=O) groups excluding carboxylic acids is 1. The SMILES string of the molecule is O=C(CSc1nc2sc3c(c2c(=O)[nH]1)CCCC3)N1CCc2ccccc2C1. The van der Waals surface area contributed by atoms with Gasteiger partial charge in [-0.05, 0) is 48.8 Å². The van der Waals surface area contributed by atoms with Crippen LogP contribution in [0.1, 0.15) is 34.4 Å². The zero-order valence-electron chi connectivity index (χ0n) is 15.5. The summed E-state index contributed by atoms with van der Waals surface area (Å²) in [7, 11) is 0. The predicted octanol–water partition coefficient (Wildman–Crippen LogP) is 3.54. The molecule has 0 fully saturated rings. The van der Waals surface area contributed by atoms with E-state index in [0.717, 1.165) is 42.4 Å². The largest absolute Gasteiger partial charge is 0.337 e. The van der Waals surface area contributed by atoms with Gasteiger partial charge in [0.1, 0.15) is 4.83 Å². The van der Waals surface area contributed by atoms with Crippen LogP contribution in [0.25, 0.3) is 10.2 Å². The molecule has 3 aromatic rings. The van der Waals surface area contributed by atoms with Gasteiger partial charge >= 0.3 is 0 Å². The molecular formula is C21H21N3O2S2. The number of fused-ring (bicyclic) bond motifs is 4. The van der Waals surface area contributed by atoms with E-state index in [2.05, 4.69) is 22.1 Å². The first kappa shape index (κ1) is 17.9. The first-order valence-electron chi connectivity index (χ1n) is 9.71. The van der Waals surface area contributed by atoms with Gasteiger partial charge in [-0.3, -0.25) is 9.59 Å². The molecule has 1 aliphatic heterocycles. The number of thioether (sulfide) groups is 1. The summed E-state index contributed by atoms with van der Waals surface area (Å²) in [6.45, 7) is 1.41. The molecule has 1 amide bonds. The van der Waals surface area contributed by atoms with E-state index in [9.17, 15) is 9.59 Å². The van der Waals surface area contributed by atoms with Crippen LogP contribution in [0.2, 0.25) is 0 Å². The van der Waals surface area contributed by atoms with Gasteiger partial charge in [0.05, 0.1) is 11.1 Å². The Balaban J connectivity index is 1.31. The van der Waals surface area contributed by atoms with Crippen molar-refractivity contribution in [3.05, 3.63) is 56.2 Å². The standard InChI is InChI=1S/C21H21N3O2S2/c25-17(24-10-9-13-5-1-2-6-14(13)11-24)12-27-21-22-19(26)18-15-7-3-4-8-16(15)28-20(18)23-21/h1-2,5-6H,3-4,7-12H2,(H,22,23,26). The number of hydrogen-bond acceptors (Lipinski definition) is 5. The fourth-order valence-electron chi connectivity index (χ4n) is 4.14. The van der Waals surface area contributed by atoms with Crippen LogP contribution in [0.4, 0.5) is 0 Å². The van der Waals surface area contributed by atoms with Gasteiger partial charge in [0.2, 0.25) is 5.91 Å². The molecule has 1 N–H and O–H groups in total. The summed E-state index contributed by atoms with van der Waals surface area (Å²) in [5.74, 6) is 0.384. The number of nitrogens with one attached hydrogen (secondary N) is 1. The van der Waals surface area contributed by atoms with E-state index >= 15 is 0 Å². The van der Waals surface area contributed by atoms with Crippen molar-refractivity contribution in [2.24, 2.45) is 0 Å². The van der Waals surface area contributed by atoms with Crippen LogP contribution < -0.4 is 5.56 Å². The van der Waals surface area contributed by atoms with Crippen molar-refractivity contribution in [1.82, 2.24) is 14.9 Å². The van der Waals surface area contributed by atoms with Gasteiger partial charge in [0.25, 0.3) is 5.56 Å². The van der Waals surface area contributed by atoms with Crippen molar-refractivity contribution in [3.8, 4) is 0 Å². The Morgan fingerprint density at radius 2 is 2.00 bits per heavy atom. The number of benzene rings is 1. The molecule has 0 bridgehead atoms. The Bertz CT molecular complexity index is 1120. The van der Waals surface area contributed by atoms with Gasteiger partial charge < -0.3 is 9.88 Å². The summed E-state index contributed by atoms with van der Waals surface area (Å²) in [6, 6.07) is 8.29. The molecule has 5 nitrogen and oxygen atoms in total. The number of aryl methyl sites for hydroxylation is 2. The van der Waals surface area contributed by atoms with Crippen LogP contribution in [0.3, 0.4) is 0 Å². The fourth-order valence-corrected chi connectivity index (χ4v) is 6.23. The fraction of sp³-hybridized carbons (Fsp3) is 0.381. The second-order valence-electron chi connectivity index (χ2n) is 7.38. The van der Waals surface area contributed by atoms with Crippen LogP contribution in [0, 0.1) is 0 Å². The van der Waals surface area contributed by atoms with Gasteiger partial charge in [-0.25, -0.2) is 4.98 Å². The highest BCUT2D eigenvalue weighted by molar-refractivity contribution is 7.99. The molecule has 0 unspecified atom stereocenters. The van der Waals surface area contributed by atoms with Gasteiger partial charge in [-0.2, -0.15) is 0 Å². The highest BCUT2D eigenvalue weighted by atomic mass is 32.2. The van der Waals surface area contributed by atoms with Crippen LogP contribution in [0.15, 0.2) is 34.2 Å². The molecule has 144 valence electrons. The second-order valence-corrected chi connectivity index (χ2v) is 9.43. The Morgan fingerprint density at radius 1 is 1.18 bits per heavy atom. The Kier molecular flexibility index (Phi) is 4.72. The minimum atomic E-state index is -0.0637. The lowest BCUT2D eigenvalue weighted by Crippen LogP contribution is -2.37. The minimum absolute atomic E-state index is 0.0637.